The summed E-state index contributed by atoms with van der Waals surface area (Å²) >= 11 is 0. The number of hydrogen-bond acceptors (Lipinski definition) is 11. The molecule has 2 atom stereocenters. The van der Waals surface area contributed by atoms with Crippen LogP contribution in [0.2, 0.25) is 0 Å². The number of likely N-dealkylation sites (tertiary alicyclic amines) is 1. The Kier molecular flexibility index (Phi) is 10.4. The first-order valence-electron chi connectivity index (χ1n) is 14.1. The number of methoxy groups -OCH3 is 1. The monoisotopic (exact) mass is 587 g/mol. The Bertz CT molecular complexity index is 1320. The molecule has 0 aliphatic carbocycles. The average molecular weight is 588 g/mol. The number of piperazine rings is 1. The van der Waals surface area contributed by atoms with Gasteiger partial charge in [0, 0.05) is 31.2 Å². The first kappa shape index (κ1) is 30.8. The molecule has 1 aromatic heterocycles. The lowest BCUT2D eigenvalue weighted by molar-refractivity contribution is -0.146. The summed E-state index contributed by atoms with van der Waals surface area (Å²) in [6.45, 7) is 5.09. The van der Waals surface area contributed by atoms with E-state index in [1.807, 2.05) is 11.8 Å². The molecule has 2 unspecified atom stereocenters. The van der Waals surface area contributed by atoms with E-state index in [9.17, 15) is 24.0 Å². The number of ether oxygens (including phenoxy) is 3. The molecule has 0 saturated carbocycles. The third kappa shape index (κ3) is 7.58. The lowest BCUT2D eigenvalue weighted by Gasteiger charge is -2.44. The Labute approximate surface area is 243 Å². The summed E-state index contributed by atoms with van der Waals surface area (Å²) in [7, 11) is 1.29. The number of ketones is 1. The van der Waals surface area contributed by atoms with Crippen LogP contribution in [0.1, 0.15) is 60.5 Å². The zero-order chi connectivity index (χ0) is 30.2. The van der Waals surface area contributed by atoms with Crippen LogP contribution in [0.15, 0.2) is 37.9 Å². The smallest absolute Gasteiger partial charge is 0.482 e. The minimum absolute atomic E-state index is 0.0561. The van der Waals surface area contributed by atoms with Crippen LogP contribution in [0.25, 0.3) is 0 Å². The van der Waals surface area contributed by atoms with Crippen molar-refractivity contribution in [2.24, 2.45) is 0 Å². The fraction of sp³-hybridized carbons (Fsp3) is 0.552. The molecule has 1 aromatic carbocycles. The Balaban J connectivity index is 1.30. The summed E-state index contributed by atoms with van der Waals surface area (Å²) in [5.74, 6) is -0.669. The first-order chi connectivity index (χ1) is 20.2. The van der Waals surface area contributed by atoms with Gasteiger partial charge in [-0.1, -0.05) is 13.3 Å². The van der Waals surface area contributed by atoms with Crippen LogP contribution < -0.4 is 10.6 Å². The molecule has 3 heterocycles. The Morgan fingerprint density at radius 1 is 1.05 bits per heavy atom. The van der Waals surface area contributed by atoms with E-state index < -0.39 is 23.9 Å². The number of esters is 1. The number of nitrogens with zero attached hydrogens (tertiary/aromatic N) is 3. The van der Waals surface area contributed by atoms with Crippen LogP contribution in [0.5, 0.6) is 5.75 Å². The summed E-state index contributed by atoms with van der Waals surface area (Å²) in [4.78, 5) is 66.8. The average Bonchev–Trinajstić information content (AvgIpc) is 3.34. The number of aryl methyl sites for hydroxylation is 1. The first-order valence-corrected chi connectivity index (χ1v) is 14.1. The Morgan fingerprint density at radius 2 is 1.81 bits per heavy atom. The van der Waals surface area contributed by atoms with Crippen molar-refractivity contribution in [2.45, 2.75) is 51.6 Å². The Hall–Kier alpha value is -4.13. The van der Waals surface area contributed by atoms with Crippen molar-refractivity contribution >= 4 is 23.8 Å². The SMILES string of the molecule is CCCCOC(=O)COc1ccc(C(=O)CN2CCN(C3CCN(C(=O)OC)C(c4oc(=O)oc4C)C3)CC2=O)cc1. The maximum atomic E-state index is 13.0. The maximum absolute atomic E-state index is 13.0. The van der Waals surface area contributed by atoms with Crippen molar-refractivity contribution in [3.05, 3.63) is 52.0 Å². The van der Waals surface area contributed by atoms with E-state index in [0.717, 1.165) is 12.8 Å². The van der Waals surface area contributed by atoms with Crippen molar-refractivity contribution in [1.82, 2.24) is 14.7 Å². The van der Waals surface area contributed by atoms with E-state index in [1.165, 1.54) is 16.9 Å². The number of Topliss-reactive ketones (excluding diaryl/α,β-unsaturated/α-hetero) is 1. The van der Waals surface area contributed by atoms with E-state index in [0.29, 0.717) is 56.2 Å². The number of carbonyl (C=O) groups is 4. The second-order valence-corrected chi connectivity index (χ2v) is 10.3. The highest BCUT2D eigenvalue weighted by Gasteiger charge is 2.40. The predicted octanol–water partition coefficient (Wildman–Crippen LogP) is 2.56. The largest absolute Gasteiger partial charge is 0.519 e. The summed E-state index contributed by atoms with van der Waals surface area (Å²) in [6.07, 6.45) is 2.21. The Morgan fingerprint density at radius 3 is 2.45 bits per heavy atom. The molecular formula is C29H37N3O10. The summed E-state index contributed by atoms with van der Waals surface area (Å²) in [6, 6.07) is 5.78. The summed E-state index contributed by atoms with van der Waals surface area (Å²) < 4.78 is 25.7. The van der Waals surface area contributed by atoms with Gasteiger partial charge in [-0.2, -0.15) is 0 Å². The number of benzene rings is 1. The maximum Gasteiger partial charge on any atom is 0.519 e. The van der Waals surface area contributed by atoms with Crippen molar-refractivity contribution in [2.75, 3.05) is 53.0 Å². The minimum Gasteiger partial charge on any atom is -0.482 e. The number of piperidine rings is 1. The van der Waals surface area contributed by atoms with E-state index in [1.54, 1.807) is 31.2 Å². The van der Waals surface area contributed by atoms with Crippen molar-refractivity contribution < 1.29 is 42.2 Å². The number of unbranched alkanes of at least 4 members (excludes halogenated alkanes) is 1. The molecule has 0 bridgehead atoms. The van der Waals surface area contributed by atoms with Gasteiger partial charge in [0.2, 0.25) is 5.91 Å². The molecule has 2 saturated heterocycles. The zero-order valence-electron chi connectivity index (χ0n) is 24.2. The van der Waals surface area contributed by atoms with E-state index >= 15 is 0 Å². The van der Waals surface area contributed by atoms with Gasteiger partial charge in [-0.25, -0.2) is 14.4 Å². The third-order valence-electron chi connectivity index (χ3n) is 7.56. The molecule has 2 aliphatic heterocycles. The lowest BCUT2D eigenvalue weighted by Crippen LogP contribution is -2.57. The molecule has 13 nitrogen and oxygen atoms in total. The molecule has 2 amide bonds. The van der Waals surface area contributed by atoms with Crippen LogP contribution in [0, 0.1) is 6.92 Å². The highest BCUT2D eigenvalue weighted by Crippen LogP contribution is 2.35. The van der Waals surface area contributed by atoms with E-state index in [-0.39, 0.29) is 43.2 Å². The number of rotatable bonds is 11. The zero-order valence-corrected chi connectivity index (χ0v) is 24.2. The summed E-state index contributed by atoms with van der Waals surface area (Å²) in [5, 5.41) is 0. The number of carbonyl (C=O) groups excluding carboxylic acids is 4. The number of hydrogen-bond donors (Lipinski definition) is 0. The standard InChI is InChI=1S/C29H37N3O10/c1-4-5-14-39-26(35)18-40-22-8-6-20(7-9-22)24(33)16-31-13-12-30(17-25(31)34)21-10-11-32(28(36)38-3)23(15-21)27-19(2)41-29(37)42-27/h6-9,21,23H,4-5,10-18H2,1-3H3. The van der Waals surface area contributed by atoms with Gasteiger partial charge in [0.1, 0.15) is 11.5 Å². The number of amides is 2. The fourth-order valence-electron chi connectivity index (χ4n) is 5.24. The van der Waals surface area contributed by atoms with Gasteiger partial charge in [-0.05, 0) is 50.5 Å². The quantitative estimate of drug-likeness (QED) is 0.217. The molecule has 0 N–H and O–H groups in total. The molecule has 4 rings (SSSR count). The van der Waals surface area contributed by atoms with Gasteiger partial charge in [-0.15, -0.1) is 0 Å². The summed E-state index contributed by atoms with van der Waals surface area (Å²) in [5.41, 5.74) is 0.429. The minimum atomic E-state index is -0.840. The molecule has 42 heavy (non-hydrogen) atoms. The van der Waals surface area contributed by atoms with Crippen LogP contribution in [-0.2, 0) is 19.1 Å². The van der Waals surface area contributed by atoms with Crippen LogP contribution in [-0.4, -0.2) is 97.5 Å². The van der Waals surface area contributed by atoms with E-state index in [4.69, 9.17) is 23.0 Å². The fourth-order valence-corrected chi connectivity index (χ4v) is 5.24. The molecule has 13 heteroatoms. The molecule has 2 fully saturated rings. The van der Waals surface area contributed by atoms with Crippen molar-refractivity contribution in [1.29, 1.82) is 0 Å². The highest BCUT2D eigenvalue weighted by molar-refractivity contribution is 5.99. The second-order valence-electron chi connectivity index (χ2n) is 10.3. The molecule has 228 valence electrons. The van der Waals surface area contributed by atoms with Crippen molar-refractivity contribution in [3.63, 3.8) is 0 Å². The molecular weight excluding hydrogens is 550 g/mol. The molecule has 2 aliphatic rings. The molecule has 2 aromatic rings. The topological polar surface area (TPSA) is 149 Å². The second kappa shape index (κ2) is 14.2. The highest BCUT2D eigenvalue weighted by atomic mass is 16.6. The van der Waals surface area contributed by atoms with Gasteiger partial charge < -0.3 is 27.9 Å². The van der Waals surface area contributed by atoms with Crippen LogP contribution in [0.4, 0.5) is 4.79 Å². The molecule has 0 radical (unpaired) electrons. The van der Waals surface area contributed by atoms with Crippen LogP contribution >= 0.6 is 0 Å². The van der Waals surface area contributed by atoms with Gasteiger partial charge in [0.05, 0.1) is 32.8 Å². The van der Waals surface area contributed by atoms with Crippen molar-refractivity contribution in [3.8, 4) is 5.75 Å². The van der Waals surface area contributed by atoms with E-state index in [2.05, 4.69) is 0 Å². The normalized spacial score (nSPS) is 19.5. The van der Waals surface area contributed by atoms with Gasteiger partial charge in [0.15, 0.2) is 18.2 Å². The van der Waals surface area contributed by atoms with Gasteiger partial charge in [-0.3, -0.25) is 19.4 Å². The predicted molar refractivity (Wildman–Crippen MR) is 147 cm³/mol. The van der Waals surface area contributed by atoms with Gasteiger partial charge in [0.25, 0.3) is 0 Å². The van der Waals surface area contributed by atoms with Crippen LogP contribution in [0.3, 0.4) is 0 Å². The molecule has 0 spiro atoms. The third-order valence-corrected chi connectivity index (χ3v) is 7.56. The van der Waals surface area contributed by atoms with Gasteiger partial charge >= 0.3 is 17.9 Å². The lowest BCUT2D eigenvalue weighted by atomic mass is 9.93.